The number of carbonyl (C=O) groups is 1. The summed E-state index contributed by atoms with van der Waals surface area (Å²) in [5, 5.41) is 0. The van der Waals surface area contributed by atoms with E-state index in [1.807, 2.05) is 12.1 Å². The largest absolute Gasteiger partial charge is 0.416 e. The molecule has 6 heteroatoms. The number of hydrogen-bond acceptors (Lipinski definition) is 3. The molecule has 1 atom stereocenters. The van der Waals surface area contributed by atoms with Crippen LogP contribution in [0.2, 0.25) is 0 Å². The first kappa shape index (κ1) is 17.6. The third-order valence-electron chi connectivity index (χ3n) is 4.48. The average molecular weight is 348 g/mol. The zero-order valence-electron chi connectivity index (χ0n) is 13.7. The van der Waals surface area contributed by atoms with Crippen molar-refractivity contribution < 1.29 is 18.0 Å². The van der Waals surface area contributed by atoms with E-state index < -0.39 is 11.7 Å². The van der Waals surface area contributed by atoms with Crippen LogP contribution in [-0.4, -0.2) is 28.8 Å². The maximum atomic E-state index is 12.9. The van der Waals surface area contributed by atoms with E-state index in [4.69, 9.17) is 0 Å². The van der Waals surface area contributed by atoms with Crippen LogP contribution >= 0.6 is 0 Å². The van der Waals surface area contributed by atoms with Crippen molar-refractivity contribution in [2.75, 3.05) is 13.1 Å². The summed E-state index contributed by atoms with van der Waals surface area (Å²) in [4.78, 5) is 18.9. The highest BCUT2D eigenvalue weighted by Gasteiger charge is 2.32. The second kappa shape index (κ2) is 7.35. The molecule has 0 radical (unpaired) electrons. The minimum atomic E-state index is -4.44. The van der Waals surface area contributed by atoms with Gasteiger partial charge >= 0.3 is 6.18 Å². The smallest absolute Gasteiger partial charge is 0.298 e. The lowest BCUT2D eigenvalue weighted by Gasteiger charge is -2.32. The molecule has 1 aliphatic rings. The highest BCUT2D eigenvalue weighted by molar-refractivity contribution is 5.98. The highest BCUT2D eigenvalue weighted by Crippen LogP contribution is 2.30. The summed E-state index contributed by atoms with van der Waals surface area (Å²) in [6.07, 6.45) is 0.626. The molecule has 3 nitrogen and oxygen atoms in total. The van der Waals surface area contributed by atoms with Crippen LogP contribution in [0.15, 0.2) is 48.8 Å². The predicted molar refractivity (Wildman–Crippen MR) is 88.0 cm³/mol. The van der Waals surface area contributed by atoms with E-state index in [0.717, 1.165) is 30.7 Å². The van der Waals surface area contributed by atoms with Crippen LogP contribution < -0.4 is 0 Å². The maximum absolute atomic E-state index is 12.9. The van der Waals surface area contributed by atoms with Gasteiger partial charge in [0.2, 0.25) is 0 Å². The Balaban J connectivity index is 1.70. The molecule has 0 amide bonds. The number of hydrogen-bond donors (Lipinski definition) is 0. The third kappa shape index (κ3) is 4.45. The van der Waals surface area contributed by atoms with Crippen molar-refractivity contribution in [3.8, 4) is 0 Å². The van der Waals surface area contributed by atoms with Gasteiger partial charge in [-0.2, -0.15) is 13.2 Å². The number of ketones is 1. The van der Waals surface area contributed by atoms with Crippen molar-refractivity contribution >= 4 is 5.78 Å². The van der Waals surface area contributed by atoms with E-state index in [2.05, 4.69) is 9.88 Å². The fraction of sp³-hybridized carbons (Fsp3) is 0.368. The first-order valence-corrected chi connectivity index (χ1v) is 8.26. The Kier molecular flexibility index (Phi) is 5.18. The first-order chi connectivity index (χ1) is 11.9. The Morgan fingerprint density at radius 1 is 1.24 bits per heavy atom. The molecule has 1 fully saturated rings. The molecule has 0 aliphatic carbocycles. The van der Waals surface area contributed by atoms with Crippen LogP contribution in [0.5, 0.6) is 0 Å². The van der Waals surface area contributed by atoms with Crippen molar-refractivity contribution in [2.24, 2.45) is 5.92 Å². The number of alkyl halides is 3. The van der Waals surface area contributed by atoms with E-state index in [-0.39, 0.29) is 17.3 Å². The zero-order valence-corrected chi connectivity index (χ0v) is 13.7. The van der Waals surface area contributed by atoms with Gasteiger partial charge in [0.15, 0.2) is 5.78 Å². The van der Waals surface area contributed by atoms with Gasteiger partial charge in [-0.3, -0.25) is 14.7 Å². The Labute approximate surface area is 144 Å². The van der Waals surface area contributed by atoms with Gasteiger partial charge in [0, 0.05) is 37.0 Å². The van der Waals surface area contributed by atoms with Gasteiger partial charge in [0.25, 0.3) is 0 Å². The summed E-state index contributed by atoms with van der Waals surface area (Å²) < 4.78 is 38.6. The molecule has 0 unspecified atom stereocenters. The van der Waals surface area contributed by atoms with Gasteiger partial charge in [-0.25, -0.2) is 0 Å². The average Bonchev–Trinajstić information content (AvgIpc) is 2.61. The summed E-state index contributed by atoms with van der Waals surface area (Å²) in [5.74, 6) is -0.476. The minimum Gasteiger partial charge on any atom is -0.298 e. The van der Waals surface area contributed by atoms with Crippen molar-refractivity contribution in [1.82, 2.24) is 9.88 Å². The standard InChI is InChI=1S/C19H19F3N2O/c20-19(21,22)17-7-1-5-15(10-17)18(25)16-6-3-9-24(13-16)12-14-4-2-8-23-11-14/h1-2,4-5,7-8,10-11,16H,3,6,9,12-13H2/t16-/m0/s1. The molecule has 0 N–H and O–H groups in total. The first-order valence-electron chi connectivity index (χ1n) is 8.26. The summed E-state index contributed by atoms with van der Waals surface area (Å²) in [7, 11) is 0. The normalized spacial score (nSPS) is 18.9. The monoisotopic (exact) mass is 348 g/mol. The summed E-state index contributed by atoms with van der Waals surface area (Å²) in [6.45, 7) is 2.13. The molecule has 1 aliphatic heterocycles. The maximum Gasteiger partial charge on any atom is 0.416 e. The van der Waals surface area contributed by atoms with Gasteiger partial charge in [-0.05, 0) is 43.1 Å². The van der Waals surface area contributed by atoms with Crippen LogP contribution in [0.1, 0.15) is 34.3 Å². The molecular weight excluding hydrogens is 329 g/mol. The topological polar surface area (TPSA) is 33.2 Å². The van der Waals surface area contributed by atoms with E-state index in [0.29, 0.717) is 19.5 Å². The molecule has 2 heterocycles. The molecule has 1 aromatic heterocycles. The SMILES string of the molecule is O=C(c1cccc(C(F)(F)F)c1)[C@H]1CCCN(Cc2cccnc2)C1. The van der Waals surface area contributed by atoms with E-state index in [9.17, 15) is 18.0 Å². The quantitative estimate of drug-likeness (QED) is 0.777. The lowest BCUT2D eigenvalue weighted by molar-refractivity contribution is -0.137. The number of nitrogens with zero attached hydrogens (tertiary/aromatic N) is 2. The fourth-order valence-corrected chi connectivity index (χ4v) is 3.25. The second-order valence-electron chi connectivity index (χ2n) is 6.38. The van der Waals surface area contributed by atoms with Crippen molar-refractivity contribution in [2.45, 2.75) is 25.6 Å². The second-order valence-corrected chi connectivity index (χ2v) is 6.38. The van der Waals surface area contributed by atoms with E-state index >= 15 is 0 Å². The number of carbonyl (C=O) groups excluding carboxylic acids is 1. The van der Waals surface area contributed by atoms with Gasteiger partial charge in [-0.1, -0.05) is 18.2 Å². The van der Waals surface area contributed by atoms with Crippen LogP contribution in [0.3, 0.4) is 0 Å². The molecule has 25 heavy (non-hydrogen) atoms. The van der Waals surface area contributed by atoms with E-state index in [1.54, 1.807) is 12.4 Å². The Bertz CT molecular complexity index is 731. The number of likely N-dealkylation sites (tertiary alicyclic amines) is 1. The Morgan fingerprint density at radius 3 is 2.80 bits per heavy atom. The lowest BCUT2D eigenvalue weighted by atomic mass is 9.89. The molecule has 1 aromatic carbocycles. The Morgan fingerprint density at radius 2 is 2.08 bits per heavy atom. The molecule has 3 rings (SSSR count). The molecule has 0 saturated carbocycles. The molecule has 1 saturated heterocycles. The van der Waals surface area contributed by atoms with Crippen molar-refractivity contribution in [3.63, 3.8) is 0 Å². The molecule has 0 spiro atoms. The van der Waals surface area contributed by atoms with Gasteiger partial charge in [-0.15, -0.1) is 0 Å². The zero-order chi connectivity index (χ0) is 17.9. The van der Waals surface area contributed by atoms with Crippen LogP contribution in [0, 0.1) is 5.92 Å². The predicted octanol–water partition coefficient (Wildman–Crippen LogP) is 4.20. The Hall–Kier alpha value is -2.21. The lowest BCUT2D eigenvalue weighted by Crippen LogP contribution is -2.38. The van der Waals surface area contributed by atoms with Crippen molar-refractivity contribution in [3.05, 3.63) is 65.5 Å². The third-order valence-corrected chi connectivity index (χ3v) is 4.48. The molecular formula is C19H19F3N2O. The summed E-state index contributed by atoms with van der Waals surface area (Å²) in [6, 6.07) is 8.56. The fourth-order valence-electron chi connectivity index (χ4n) is 3.25. The number of rotatable bonds is 4. The number of benzene rings is 1. The van der Waals surface area contributed by atoms with Crippen LogP contribution in [-0.2, 0) is 12.7 Å². The van der Waals surface area contributed by atoms with Crippen LogP contribution in [0.25, 0.3) is 0 Å². The number of pyridine rings is 1. The number of aromatic nitrogens is 1. The summed E-state index contributed by atoms with van der Waals surface area (Å²) >= 11 is 0. The highest BCUT2D eigenvalue weighted by atomic mass is 19.4. The van der Waals surface area contributed by atoms with Gasteiger partial charge < -0.3 is 0 Å². The molecule has 0 bridgehead atoms. The molecule has 2 aromatic rings. The number of halogens is 3. The molecule has 132 valence electrons. The van der Waals surface area contributed by atoms with Gasteiger partial charge in [0.05, 0.1) is 5.56 Å². The van der Waals surface area contributed by atoms with Crippen LogP contribution in [0.4, 0.5) is 13.2 Å². The van der Waals surface area contributed by atoms with Crippen molar-refractivity contribution in [1.29, 1.82) is 0 Å². The minimum absolute atomic E-state index is 0.142. The number of Topliss-reactive ketones (excluding diaryl/α,β-unsaturated/α-hetero) is 1. The van der Waals surface area contributed by atoms with E-state index in [1.165, 1.54) is 12.1 Å². The summed E-state index contributed by atoms with van der Waals surface area (Å²) in [5.41, 5.74) is 0.430. The number of piperidine rings is 1. The van der Waals surface area contributed by atoms with Gasteiger partial charge in [0.1, 0.15) is 0 Å².